The number of benzene rings is 6. The van der Waals surface area contributed by atoms with E-state index in [4.69, 9.17) is 0 Å². The van der Waals surface area contributed by atoms with Crippen LogP contribution in [0.3, 0.4) is 0 Å². The van der Waals surface area contributed by atoms with Gasteiger partial charge >= 0.3 is 0 Å². The molecule has 0 heteroatoms. The van der Waals surface area contributed by atoms with Gasteiger partial charge in [-0.3, -0.25) is 0 Å². The molecule has 0 unspecified atom stereocenters. The van der Waals surface area contributed by atoms with E-state index in [9.17, 15) is 0 Å². The molecule has 6 rings (SSSR count). The van der Waals surface area contributed by atoms with E-state index >= 15 is 0 Å². The summed E-state index contributed by atoms with van der Waals surface area (Å²) < 4.78 is 0. The Bertz CT molecular complexity index is 1180. The average molecular weight is 553 g/mol. The molecule has 0 aromatic heterocycles. The highest BCUT2D eigenvalue weighted by Crippen LogP contribution is 2.03. The lowest BCUT2D eigenvalue weighted by atomic mass is 10.1. The smallest absolute Gasteiger partial charge is 0.0395 e. The van der Waals surface area contributed by atoms with Gasteiger partial charge < -0.3 is 0 Å². The maximum atomic E-state index is 2.12. The van der Waals surface area contributed by atoms with Gasteiger partial charge in [0.25, 0.3) is 0 Å². The Hall–Kier alpha value is -4.68. The summed E-state index contributed by atoms with van der Waals surface area (Å²) in [7, 11) is 0. The molecule has 42 heavy (non-hydrogen) atoms. The average Bonchev–Trinajstić information content (AvgIpc) is 3.04. The van der Waals surface area contributed by atoms with Crippen LogP contribution in [-0.2, 0) is 0 Å². The molecule has 0 nitrogen and oxygen atoms in total. The molecule has 0 aliphatic carbocycles. The SMILES string of the molecule is Cc1ccccc1.Cc1ccccc1.Cc1ccccc1C.Cc1ccccc1C.c1ccccc1.c1ccccc1. The van der Waals surface area contributed by atoms with Gasteiger partial charge in [0.05, 0.1) is 0 Å². The molecule has 6 aromatic rings. The highest BCUT2D eigenvalue weighted by molar-refractivity contribution is 5.24. The fraction of sp³-hybridized carbons (Fsp3) is 0.143. The largest absolute Gasteiger partial charge is 0.0623 e. The van der Waals surface area contributed by atoms with Gasteiger partial charge in [0.15, 0.2) is 0 Å². The molecule has 0 spiro atoms. The standard InChI is InChI=1S/2C8H10.2C7H8.2C6H6/c2*1-7-5-3-4-6-8(7)2;2*1-7-5-3-2-4-6-7;2*1-2-4-6-5-3-1/h2*3-6H,1-2H3;2*2-6H,1H3;2*1-6H. The van der Waals surface area contributed by atoms with Crippen LogP contribution in [0.25, 0.3) is 0 Å². The van der Waals surface area contributed by atoms with Gasteiger partial charge in [0.1, 0.15) is 0 Å². The van der Waals surface area contributed by atoms with Gasteiger partial charge in [-0.05, 0) is 63.8 Å². The fourth-order valence-electron chi connectivity index (χ4n) is 3.16. The molecule has 0 amide bonds. The molecular formula is C42H48. The first kappa shape index (κ1) is 35.3. The van der Waals surface area contributed by atoms with E-state index in [0.717, 1.165) is 0 Å². The molecule has 216 valence electrons. The van der Waals surface area contributed by atoms with Crippen molar-refractivity contribution in [3.8, 4) is 0 Å². The summed E-state index contributed by atoms with van der Waals surface area (Å²) in [5.41, 5.74) is 8.12. The Morgan fingerprint density at radius 1 is 0.190 bits per heavy atom. The van der Waals surface area contributed by atoms with E-state index in [1.807, 2.05) is 109 Å². The van der Waals surface area contributed by atoms with Gasteiger partial charge in [0, 0.05) is 0 Å². The quantitative estimate of drug-likeness (QED) is 0.176. The molecule has 0 aliphatic heterocycles. The van der Waals surface area contributed by atoms with Gasteiger partial charge in [-0.1, -0.05) is 193 Å². The summed E-state index contributed by atoms with van der Waals surface area (Å²) in [5, 5.41) is 0. The van der Waals surface area contributed by atoms with Crippen LogP contribution < -0.4 is 0 Å². The van der Waals surface area contributed by atoms with Crippen molar-refractivity contribution in [1.82, 2.24) is 0 Å². The minimum Gasteiger partial charge on any atom is -0.0623 e. The summed E-state index contributed by atoms with van der Waals surface area (Å²) in [4.78, 5) is 0. The molecule has 0 radical (unpaired) electrons. The zero-order chi connectivity index (χ0) is 30.7. The number of hydrogen-bond acceptors (Lipinski definition) is 0. The van der Waals surface area contributed by atoms with E-state index in [-0.39, 0.29) is 0 Å². The van der Waals surface area contributed by atoms with Crippen LogP contribution in [0, 0.1) is 41.5 Å². The van der Waals surface area contributed by atoms with Gasteiger partial charge in [-0.15, -0.1) is 0 Å². The lowest BCUT2D eigenvalue weighted by Gasteiger charge is -1.93. The van der Waals surface area contributed by atoms with Crippen molar-refractivity contribution in [2.45, 2.75) is 41.5 Å². The summed E-state index contributed by atoms with van der Waals surface area (Å²) in [6.45, 7) is 12.6. The van der Waals surface area contributed by atoms with E-state index in [0.29, 0.717) is 0 Å². The molecule has 0 saturated heterocycles. The predicted molar refractivity (Wildman–Crippen MR) is 187 cm³/mol. The van der Waals surface area contributed by atoms with Crippen molar-refractivity contribution >= 4 is 0 Å². The first-order valence-corrected chi connectivity index (χ1v) is 14.5. The number of aryl methyl sites for hydroxylation is 6. The van der Waals surface area contributed by atoms with Crippen LogP contribution in [-0.4, -0.2) is 0 Å². The molecule has 0 N–H and O–H groups in total. The van der Waals surface area contributed by atoms with Gasteiger partial charge in [-0.2, -0.15) is 0 Å². The van der Waals surface area contributed by atoms with Crippen molar-refractivity contribution in [2.75, 3.05) is 0 Å². The second-order valence-corrected chi connectivity index (χ2v) is 9.79. The van der Waals surface area contributed by atoms with Crippen molar-refractivity contribution in [3.63, 3.8) is 0 Å². The van der Waals surface area contributed by atoms with Crippen LogP contribution in [0.5, 0.6) is 0 Å². The molecule has 0 saturated carbocycles. The van der Waals surface area contributed by atoms with Crippen molar-refractivity contribution < 1.29 is 0 Å². The van der Waals surface area contributed by atoms with Crippen LogP contribution >= 0.6 is 0 Å². The highest BCUT2D eigenvalue weighted by Gasteiger charge is 1.84. The molecular weight excluding hydrogens is 504 g/mol. The van der Waals surface area contributed by atoms with Crippen LogP contribution in [0.15, 0.2) is 182 Å². The minimum atomic E-state index is 1.32. The zero-order valence-corrected chi connectivity index (χ0v) is 26.3. The molecule has 0 fully saturated rings. The molecule has 0 bridgehead atoms. The topological polar surface area (TPSA) is 0 Å². The maximum absolute atomic E-state index is 2.12. The summed E-state index contributed by atoms with van der Waals surface area (Å²) in [6.07, 6.45) is 0. The lowest BCUT2D eigenvalue weighted by molar-refractivity contribution is 1.34. The third-order valence-corrected chi connectivity index (χ3v) is 6.07. The van der Waals surface area contributed by atoms with Crippen LogP contribution in [0.4, 0.5) is 0 Å². The first-order valence-electron chi connectivity index (χ1n) is 14.5. The van der Waals surface area contributed by atoms with E-state index in [2.05, 4.69) is 114 Å². The Labute approximate surface area is 256 Å². The highest BCUT2D eigenvalue weighted by atomic mass is 13.9. The normalized spacial score (nSPS) is 8.71. The zero-order valence-electron chi connectivity index (χ0n) is 26.3. The summed E-state index contributed by atoms with van der Waals surface area (Å²) in [6, 6.07) is 61.2. The summed E-state index contributed by atoms with van der Waals surface area (Å²) in [5.74, 6) is 0. The number of hydrogen-bond donors (Lipinski definition) is 0. The third-order valence-electron chi connectivity index (χ3n) is 6.07. The lowest BCUT2D eigenvalue weighted by Crippen LogP contribution is -1.74. The number of rotatable bonds is 0. The minimum absolute atomic E-state index is 1.32. The second kappa shape index (κ2) is 24.1. The van der Waals surface area contributed by atoms with Crippen molar-refractivity contribution in [2.24, 2.45) is 0 Å². The Morgan fingerprint density at radius 3 is 0.452 bits per heavy atom. The third kappa shape index (κ3) is 20.3. The Balaban J connectivity index is 0.000000253. The van der Waals surface area contributed by atoms with Crippen molar-refractivity contribution in [1.29, 1.82) is 0 Å². The van der Waals surface area contributed by atoms with Gasteiger partial charge in [0.2, 0.25) is 0 Å². The van der Waals surface area contributed by atoms with E-state index in [1.165, 1.54) is 33.4 Å². The molecule has 0 aliphatic rings. The van der Waals surface area contributed by atoms with Crippen LogP contribution in [0.1, 0.15) is 33.4 Å². The van der Waals surface area contributed by atoms with Gasteiger partial charge in [-0.25, -0.2) is 0 Å². The Kier molecular flexibility index (Phi) is 20.3. The molecule has 6 aromatic carbocycles. The second-order valence-electron chi connectivity index (χ2n) is 9.79. The first-order chi connectivity index (χ1) is 20.4. The molecule has 0 heterocycles. The summed E-state index contributed by atoms with van der Waals surface area (Å²) >= 11 is 0. The van der Waals surface area contributed by atoms with E-state index < -0.39 is 0 Å². The fourth-order valence-corrected chi connectivity index (χ4v) is 3.16. The maximum Gasteiger partial charge on any atom is -0.0395 e. The predicted octanol–water partition coefficient (Wildman–Crippen LogP) is 12.0. The van der Waals surface area contributed by atoms with E-state index in [1.54, 1.807) is 0 Å². The Morgan fingerprint density at radius 2 is 0.333 bits per heavy atom. The monoisotopic (exact) mass is 552 g/mol. The molecule has 0 atom stereocenters. The van der Waals surface area contributed by atoms with Crippen LogP contribution in [0.2, 0.25) is 0 Å². The van der Waals surface area contributed by atoms with Crippen molar-refractivity contribution in [3.05, 3.63) is 215 Å².